The molecule has 0 radical (unpaired) electrons. The normalized spacial score (nSPS) is 25.7. The number of aromatic nitrogens is 1. The highest BCUT2D eigenvalue weighted by Crippen LogP contribution is 2.39. The van der Waals surface area contributed by atoms with E-state index in [1.165, 1.54) is 0 Å². The molecule has 2 heterocycles. The third-order valence-corrected chi connectivity index (χ3v) is 9.83. The van der Waals surface area contributed by atoms with E-state index in [9.17, 15) is 5.11 Å². The van der Waals surface area contributed by atoms with Crippen molar-refractivity contribution in [2.75, 3.05) is 13.2 Å². The summed E-state index contributed by atoms with van der Waals surface area (Å²) in [6.45, 7) is 12.5. The first-order valence-electron chi connectivity index (χ1n) is 8.56. The van der Waals surface area contributed by atoms with Crippen LogP contribution in [0.4, 0.5) is 0 Å². The standard InChI is InChI=1S/C18H31NO3Si/c1-18(2,3)23(4,5)22-11-7-9-15-16(20)13-21-17(15)14-8-6-10-19-12-14/h6,8,10,12,15-17,20H,7,9,11,13H2,1-5H3. The molecule has 3 unspecified atom stereocenters. The van der Waals surface area contributed by atoms with Gasteiger partial charge in [0.25, 0.3) is 0 Å². The Balaban J connectivity index is 1.86. The van der Waals surface area contributed by atoms with E-state index in [4.69, 9.17) is 9.16 Å². The lowest BCUT2D eigenvalue weighted by Gasteiger charge is -2.36. The SMILES string of the molecule is CC(C)(C)[Si](C)(C)OCCCC1C(O)COC1c1cccnc1. The zero-order chi connectivity index (χ0) is 17.1. The van der Waals surface area contributed by atoms with Crippen molar-refractivity contribution in [3.63, 3.8) is 0 Å². The first kappa shape index (κ1) is 18.6. The average Bonchev–Trinajstić information content (AvgIpc) is 2.84. The molecule has 1 saturated heterocycles. The topological polar surface area (TPSA) is 51.6 Å². The Kier molecular flexibility index (Phi) is 6.00. The van der Waals surface area contributed by atoms with Crippen LogP contribution in [-0.2, 0) is 9.16 Å². The Morgan fingerprint density at radius 3 is 2.74 bits per heavy atom. The highest BCUT2D eigenvalue weighted by molar-refractivity contribution is 6.74. The lowest BCUT2D eigenvalue weighted by atomic mass is 9.90. The van der Waals surface area contributed by atoms with Gasteiger partial charge in [0.1, 0.15) is 0 Å². The number of aliphatic hydroxyl groups is 1. The van der Waals surface area contributed by atoms with E-state index in [0.29, 0.717) is 6.61 Å². The van der Waals surface area contributed by atoms with E-state index in [1.54, 1.807) is 6.20 Å². The van der Waals surface area contributed by atoms with E-state index >= 15 is 0 Å². The number of rotatable bonds is 6. The van der Waals surface area contributed by atoms with Gasteiger partial charge < -0.3 is 14.3 Å². The van der Waals surface area contributed by atoms with Gasteiger partial charge in [-0.1, -0.05) is 26.8 Å². The third-order valence-electron chi connectivity index (χ3n) is 5.29. The van der Waals surface area contributed by atoms with Crippen LogP contribution in [0.1, 0.15) is 45.3 Å². The van der Waals surface area contributed by atoms with Crippen LogP contribution in [0, 0.1) is 5.92 Å². The fraction of sp³-hybridized carbons (Fsp3) is 0.722. The van der Waals surface area contributed by atoms with Crippen molar-refractivity contribution in [3.05, 3.63) is 30.1 Å². The molecule has 0 aromatic carbocycles. The number of nitrogens with zero attached hydrogens (tertiary/aromatic N) is 1. The van der Waals surface area contributed by atoms with Gasteiger partial charge >= 0.3 is 0 Å². The first-order valence-corrected chi connectivity index (χ1v) is 11.5. The van der Waals surface area contributed by atoms with Crippen molar-refractivity contribution >= 4 is 8.32 Å². The van der Waals surface area contributed by atoms with Gasteiger partial charge in [0, 0.05) is 24.9 Å². The maximum atomic E-state index is 10.2. The number of ether oxygens (including phenoxy) is 1. The quantitative estimate of drug-likeness (QED) is 0.631. The molecule has 1 fully saturated rings. The Morgan fingerprint density at radius 2 is 2.13 bits per heavy atom. The molecule has 0 spiro atoms. The number of hydrogen-bond acceptors (Lipinski definition) is 4. The van der Waals surface area contributed by atoms with Gasteiger partial charge in [-0.25, -0.2) is 0 Å². The van der Waals surface area contributed by atoms with Crippen LogP contribution in [-0.4, -0.2) is 37.7 Å². The first-order chi connectivity index (χ1) is 10.7. The van der Waals surface area contributed by atoms with Crippen molar-refractivity contribution in [2.45, 2.75) is 64.0 Å². The minimum absolute atomic E-state index is 0.0495. The summed E-state index contributed by atoms with van der Waals surface area (Å²) in [7, 11) is -1.68. The van der Waals surface area contributed by atoms with Crippen LogP contribution in [0.15, 0.2) is 24.5 Å². The Labute approximate surface area is 141 Å². The summed E-state index contributed by atoms with van der Waals surface area (Å²) < 4.78 is 12.0. The second-order valence-electron chi connectivity index (χ2n) is 8.02. The monoisotopic (exact) mass is 337 g/mol. The summed E-state index contributed by atoms with van der Waals surface area (Å²) in [6, 6.07) is 3.94. The summed E-state index contributed by atoms with van der Waals surface area (Å²) >= 11 is 0. The second-order valence-corrected chi connectivity index (χ2v) is 12.8. The summed E-state index contributed by atoms with van der Waals surface area (Å²) in [5, 5.41) is 10.5. The minimum Gasteiger partial charge on any atom is -0.417 e. The molecule has 1 aromatic heterocycles. The summed E-state index contributed by atoms with van der Waals surface area (Å²) in [5.41, 5.74) is 1.05. The molecule has 3 atom stereocenters. The molecular formula is C18H31NO3Si. The Morgan fingerprint density at radius 1 is 1.39 bits per heavy atom. The van der Waals surface area contributed by atoms with Gasteiger partial charge in [-0.05, 0) is 42.6 Å². The lowest BCUT2D eigenvalue weighted by molar-refractivity contribution is 0.0840. The molecule has 4 nitrogen and oxygen atoms in total. The fourth-order valence-corrected chi connectivity index (χ4v) is 3.83. The molecule has 130 valence electrons. The number of aliphatic hydroxyl groups excluding tert-OH is 1. The van der Waals surface area contributed by atoms with Gasteiger partial charge in [-0.15, -0.1) is 0 Å². The van der Waals surface area contributed by atoms with Crippen LogP contribution in [0.2, 0.25) is 18.1 Å². The van der Waals surface area contributed by atoms with Crippen molar-refractivity contribution in [2.24, 2.45) is 5.92 Å². The van der Waals surface area contributed by atoms with Gasteiger partial charge in [0.05, 0.1) is 18.8 Å². The smallest absolute Gasteiger partial charge is 0.191 e. The van der Waals surface area contributed by atoms with Crippen molar-refractivity contribution in [1.82, 2.24) is 4.98 Å². The third kappa shape index (κ3) is 4.63. The van der Waals surface area contributed by atoms with Gasteiger partial charge in [0.2, 0.25) is 0 Å². The molecule has 5 heteroatoms. The second kappa shape index (κ2) is 7.43. The van der Waals surface area contributed by atoms with Crippen LogP contribution in [0.25, 0.3) is 0 Å². The lowest BCUT2D eigenvalue weighted by Crippen LogP contribution is -2.41. The Hall–Kier alpha value is -0.753. The molecule has 0 saturated carbocycles. The highest BCUT2D eigenvalue weighted by Gasteiger charge is 2.38. The number of hydrogen-bond donors (Lipinski definition) is 1. The summed E-state index contributed by atoms with van der Waals surface area (Å²) in [4.78, 5) is 4.16. The molecule has 0 bridgehead atoms. The maximum absolute atomic E-state index is 10.2. The maximum Gasteiger partial charge on any atom is 0.191 e. The largest absolute Gasteiger partial charge is 0.417 e. The molecule has 1 aromatic rings. The van der Waals surface area contributed by atoms with Gasteiger partial charge in [-0.2, -0.15) is 0 Å². The predicted octanol–water partition coefficient (Wildman–Crippen LogP) is 3.93. The van der Waals surface area contributed by atoms with Crippen LogP contribution < -0.4 is 0 Å². The molecule has 2 rings (SSSR count). The molecule has 23 heavy (non-hydrogen) atoms. The van der Waals surface area contributed by atoms with Gasteiger partial charge in [-0.3, -0.25) is 4.98 Å². The van der Waals surface area contributed by atoms with Gasteiger partial charge in [0.15, 0.2) is 8.32 Å². The van der Waals surface area contributed by atoms with Crippen molar-refractivity contribution in [1.29, 1.82) is 0 Å². The van der Waals surface area contributed by atoms with E-state index < -0.39 is 14.4 Å². The van der Waals surface area contributed by atoms with E-state index in [2.05, 4.69) is 38.8 Å². The van der Waals surface area contributed by atoms with Crippen molar-refractivity contribution in [3.8, 4) is 0 Å². The summed E-state index contributed by atoms with van der Waals surface area (Å²) in [5.74, 6) is 0.127. The van der Waals surface area contributed by atoms with E-state index in [0.717, 1.165) is 25.0 Å². The van der Waals surface area contributed by atoms with E-state index in [-0.39, 0.29) is 17.1 Å². The van der Waals surface area contributed by atoms with Crippen LogP contribution in [0.5, 0.6) is 0 Å². The molecule has 1 aliphatic heterocycles. The average molecular weight is 338 g/mol. The molecule has 0 aliphatic carbocycles. The van der Waals surface area contributed by atoms with Crippen molar-refractivity contribution < 1.29 is 14.3 Å². The number of pyridine rings is 1. The molecule has 1 N–H and O–H groups in total. The minimum atomic E-state index is -1.68. The molecule has 1 aliphatic rings. The molecular weight excluding hydrogens is 306 g/mol. The zero-order valence-electron chi connectivity index (χ0n) is 15.1. The van der Waals surface area contributed by atoms with Crippen LogP contribution >= 0.6 is 0 Å². The fourth-order valence-electron chi connectivity index (χ4n) is 2.75. The molecule has 0 amide bonds. The van der Waals surface area contributed by atoms with Crippen LogP contribution in [0.3, 0.4) is 0 Å². The predicted molar refractivity (Wildman–Crippen MR) is 94.8 cm³/mol. The van der Waals surface area contributed by atoms with E-state index in [1.807, 2.05) is 18.3 Å². The Bertz CT molecular complexity index is 487. The zero-order valence-corrected chi connectivity index (χ0v) is 16.1. The highest BCUT2D eigenvalue weighted by atomic mass is 28.4. The summed E-state index contributed by atoms with van der Waals surface area (Å²) in [6.07, 6.45) is 5.02.